The van der Waals surface area contributed by atoms with Crippen molar-refractivity contribution in [1.29, 1.82) is 0 Å². The fraction of sp³-hybridized carbons (Fsp3) is 0.647. The molecule has 0 radical (unpaired) electrons. The van der Waals surface area contributed by atoms with E-state index in [0.29, 0.717) is 6.04 Å². The minimum atomic E-state index is 0.540. The Balaban J connectivity index is 2.17. The van der Waals surface area contributed by atoms with E-state index in [-0.39, 0.29) is 0 Å². The third-order valence-electron chi connectivity index (χ3n) is 4.60. The third-order valence-corrected chi connectivity index (χ3v) is 4.60. The molecular weight excluding hydrogens is 218 g/mol. The van der Waals surface area contributed by atoms with E-state index in [9.17, 15) is 0 Å². The normalized spacial score (nSPS) is 26.0. The van der Waals surface area contributed by atoms with Crippen molar-refractivity contribution in [3.05, 3.63) is 34.9 Å². The van der Waals surface area contributed by atoms with Gasteiger partial charge < -0.3 is 5.32 Å². The fourth-order valence-corrected chi connectivity index (χ4v) is 3.44. The molecule has 0 spiro atoms. The molecule has 1 aliphatic carbocycles. The Labute approximate surface area is 112 Å². The molecule has 0 aromatic heterocycles. The smallest absolute Gasteiger partial charge is 0.0348 e. The van der Waals surface area contributed by atoms with Crippen LogP contribution in [0, 0.1) is 25.7 Å². The highest BCUT2D eigenvalue weighted by Gasteiger charge is 2.26. The third kappa shape index (κ3) is 2.95. The van der Waals surface area contributed by atoms with Crippen LogP contribution < -0.4 is 5.32 Å². The lowest BCUT2D eigenvalue weighted by Crippen LogP contribution is -2.29. The maximum absolute atomic E-state index is 3.56. The molecule has 1 unspecified atom stereocenters. The van der Waals surface area contributed by atoms with Gasteiger partial charge >= 0.3 is 0 Å². The van der Waals surface area contributed by atoms with Crippen LogP contribution in [0.3, 0.4) is 0 Å². The first-order valence-corrected chi connectivity index (χ1v) is 7.36. The van der Waals surface area contributed by atoms with E-state index < -0.39 is 0 Å². The van der Waals surface area contributed by atoms with Gasteiger partial charge in [0.05, 0.1) is 0 Å². The van der Waals surface area contributed by atoms with Gasteiger partial charge in [0.2, 0.25) is 0 Å². The highest BCUT2D eigenvalue weighted by Crippen LogP contribution is 2.37. The van der Waals surface area contributed by atoms with E-state index in [1.54, 1.807) is 0 Å². The maximum Gasteiger partial charge on any atom is 0.0348 e. The summed E-state index contributed by atoms with van der Waals surface area (Å²) in [6.07, 6.45) is 5.54. The molecule has 100 valence electrons. The first-order valence-electron chi connectivity index (χ1n) is 7.36. The zero-order valence-corrected chi connectivity index (χ0v) is 12.3. The van der Waals surface area contributed by atoms with Crippen molar-refractivity contribution in [1.82, 2.24) is 5.32 Å². The van der Waals surface area contributed by atoms with E-state index in [1.807, 2.05) is 0 Å². The summed E-state index contributed by atoms with van der Waals surface area (Å²) >= 11 is 0. The molecule has 1 atom stereocenters. The van der Waals surface area contributed by atoms with Crippen LogP contribution in [0.4, 0.5) is 0 Å². The second-order valence-corrected chi connectivity index (χ2v) is 6.15. The molecule has 1 saturated carbocycles. The first kappa shape index (κ1) is 13.6. The summed E-state index contributed by atoms with van der Waals surface area (Å²) in [5.74, 6) is 1.74. The Morgan fingerprint density at radius 2 is 1.78 bits per heavy atom. The van der Waals surface area contributed by atoms with Crippen molar-refractivity contribution in [2.24, 2.45) is 11.8 Å². The predicted octanol–water partition coefficient (Wildman–Crippen LogP) is 4.39. The van der Waals surface area contributed by atoms with Crippen molar-refractivity contribution in [2.45, 2.75) is 52.5 Å². The second-order valence-electron chi connectivity index (χ2n) is 6.15. The number of hydrogen-bond acceptors (Lipinski definition) is 1. The van der Waals surface area contributed by atoms with Crippen LogP contribution in [0.5, 0.6) is 0 Å². The van der Waals surface area contributed by atoms with Crippen LogP contribution in [-0.4, -0.2) is 7.05 Å². The Bertz CT molecular complexity index is 389. The van der Waals surface area contributed by atoms with Gasteiger partial charge in [-0.05, 0) is 56.7 Å². The summed E-state index contributed by atoms with van der Waals surface area (Å²) in [7, 11) is 2.11. The quantitative estimate of drug-likeness (QED) is 0.832. The van der Waals surface area contributed by atoms with Crippen LogP contribution in [0.25, 0.3) is 0 Å². The Morgan fingerprint density at radius 1 is 1.11 bits per heavy atom. The largest absolute Gasteiger partial charge is 0.313 e. The van der Waals surface area contributed by atoms with Gasteiger partial charge in [-0.2, -0.15) is 0 Å². The number of hydrogen-bond donors (Lipinski definition) is 1. The predicted molar refractivity (Wildman–Crippen MR) is 78.8 cm³/mol. The topological polar surface area (TPSA) is 12.0 Å². The summed E-state index contributed by atoms with van der Waals surface area (Å²) in [5.41, 5.74) is 4.30. The van der Waals surface area contributed by atoms with Crippen LogP contribution in [0.15, 0.2) is 18.2 Å². The van der Waals surface area contributed by atoms with Crippen LogP contribution in [0.1, 0.15) is 55.3 Å². The lowest BCUT2D eigenvalue weighted by atomic mass is 9.76. The standard InChI is InChI=1S/C17H27N/c1-12-5-8-15(9-6-12)17(18-4)16-10-7-13(2)11-14(16)3/h7,10-12,15,17-18H,5-6,8-9H2,1-4H3. The first-order chi connectivity index (χ1) is 8.61. The van der Waals surface area contributed by atoms with Gasteiger partial charge in [-0.15, -0.1) is 0 Å². The van der Waals surface area contributed by atoms with Gasteiger partial charge in [-0.3, -0.25) is 0 Å². The van der Waals surface area contributed by atoms with Crippen LogP contribution in [-0.2, 0) is 0 Å². The van der Waals surface area contributed by atoms with Gasteiger partial charge in [-0.25, -0.2) is 0 Å². The highest BCUT2D eigenvalue weighted by atomic mass is 14.9. The molecule has 1 aromatic carbocycles. The van der Waals surface area contributed by atoms with Crippen molar-refractivity contribution >= 4 is 0 Å². The average molecular weight is 245 g/mol. The van der Waals surface area contributed by atoms with E-state index >= 15 is 0 Å². The average Bonchev–Trinajstić information content (AvgIpc) is 2.35. The van der Waals surface area contributed by atoms with E-state index in [2.05, 4.69) is 51.3 Å². The molecule has 0 amide bonds. The van der Waals surface area contributed by atoms with Crippen LogP contribution >= 0.6 is 0 Å². The summed E-state index contributed by atoms with van der Waals surface area (Å²) in [5, 5.41) is 3.56. The molecule has 1 heteroatoms. The van der Waals surface area contributed by atoms with E-state index in [0.717, 1.165) is 11.8 Å². The molecule has 0 bridgehead atoms. The van der Waals surface area contributed by atoms with Gasteiger partial charge in [0.1, 0.15) is 0 Å². The summed E-state index contributed by atoms with van der Waals surface area (Å²) in [6.45, 7) is 6.81. The number of benzene rings is 1. The molecule has 0 aliphatic heterocycles. The summed E-state index contributed by atoms with van der Waals surface area (Å²) in [4.78, 5) is 0. The number of aryl methyl sites for hydroxylation is 2. The van der Waals surface area contributed by atoms with E-state index in [1.165, 1.54) is 42.4 Å². The molecular formula is C17H27N. The summed E-state index contributed by atoms with van der Waals surface area (Å²) < 4.78 is 0. The van der Waals surface area contributed by atoms with Crippen molar-refractivity contribution in [2.75, 3.05) is 7.05 Å². The minimum Gasteiger partial charge on any atom is -0.313 e. The monoisotopic (exact) mass is 245 g/mol. The molecule has 1 aliphatic rings. The molecule has 1 N–H and O–H groups in total. The lowest BCUT2D eigenvalue weighted by molar-refractivity contribution is 0.237. The molecule has 18 heavy (non-hydrogen) atoms. The Morgan fingerprint density at radius 3 is 2.33 bits per heavy atom. The van der Waals surface area contributed by atoms with Gasteiger partial charge in [-0.1, -0.05) is 43.5 Å². The Kier molecular flexibility index (Phi) is 4.45. The summed E-state index contributed by atoms with van der Waals surface area (Å²) in [6, 6.07) is 7.42. The van der Waals surface area contributed by atoms with Gasteiger partial charge in [0, 0.05) is 6.04 Å². The van der Waals surface area contributed by atoms with Crippen molar-refractivity contribution < 1.29 is 0 Å². The SMILES string of the molecule is CNC(c1ccc(C)cc1C)C1CCC(C)CC1. The fourth-order valence-electron chi connectivity index (χ4n) is 3.44. The number of nitrogens with one attached hydrogen (secondary N) is 1. The molecule has 0 heterocycles. The Hall–Kier alpha value is -0.820. The lowest BCUT2D eigenvalue weighted by Gasteiger charge is -2.33. The number of rotatable bonds is 3. The molecule has 0 saturated heterocycles. The van der Waals surface area contributed by atoms with Crippen molar-refractivity contribution in [3.63, 3.8) is 0 Å². The molecule has 1 fully saturated rings. The second kappa shape index (κ2) is 5.88. The highest BCUT2D eigenvalue weighted by molar-refractivity contribution is 5.33. The zero-order valence-electron chi connectivity index (χ0n) is 12.3. The molecule has 2 rings (SSSR count). The molecule has 1 aromatic rings. The zero-order chi connectivity index (χ0) is 13.1. The maximum atomic E-state index is 3.56. The van der Waals surface area contributed by atoms with Gasteiger partial charge in [0.25, 0.3) is 0 Å². The van der Waals surface area contributed by atoms with Gasteiger partial charge in [0.15, 0.2) is 0 Å². The minimum absolute atomic E-state index is 0.540. The van der Waals surface area contributed by atoms with E-state index in [4.69, 9.17) is 0 Å². The molecule has 1 nitrogen and oxygen atoms in total. The van der Waals surface area contributed by atoms with Crippen LogP contribution in [0.2, 0.25) is 0 Å². The van der Waals surface area contributed by atoms with Crippen molar-refractivity contribution in [3.8, 4) is 0 Å².